The Morgan fingerprint density at radius 3 is 2.48 bits per heavy atom. The van der Waals surface area contributed by atoms with Crippen molar-refractivity contribution in [3.63, 3.8) is 0 Å². The van der Waals surface area contributed by atoms with E-state index in [4.69, 9.17) is 11.6 Å². The Morgan fingerprint density at radius 1 is 1.12 bits per heavy atom. The molecule has 25 heavy (non-hydrogen) atoms. The summed E-state index contributed by atoms with van der Waals surface area (Å²) in [5.74, 6) is 1.05. The molecule has 1 atom stereocenters. The molecular formula is C21H26ClNOS. The standard InChI is InChI=1S/C21H26ClNOS/c1-4-20(17-8-7-15(2)16(3)14-17)23-21(24)6-5-13-25-19-11-9-18(22)10-12-19/h7-12,14,20H,4-6,13H2,1-3H3,(H,23,24)/t20-/m0/s1. The molecule has 0 aromatic heterocycles. The number of hydrogen-bond donors (Lipinski definition) is 1. The summed E-state index contributed by atoms with van der Waals surface area (Å²) in [7, 11) is 0. The fourth-order valence-electron chi connectivity index (χ4n) is 2.62. The van der Waals surface area contributed by atoms with Gasteiger partial charge in [-0.15, -0.1) is 11.8 Å². The largest absolute Gasteiger partial charge is 0.349 e. The summed E-state index contributed by atoms with van der Waals surface area (Å²) in [5.41, 5.74) is 3.74. The molecular weight excluding hydrogens is 350 g/mol. The highest BCUT2D eigenvalue weighted by Gasteiger charge is 2.13. The number of rotatable bonds is 8. The van der Waals surface area contributed by atoms with Gasteiger partial charge < -0.3 is 5.32 Å². The summed E-state index contributed by atoms with van der Waals surface area (Å²) in [4.78, 5) is 13.4. The first-order valence-electron chi connectivity index (χ1n) is 8.74. The topological polar surface area (TPSA) is 29.1 Å². The third kappa shape index (κ3) is 6.41. The highest BCUT2D eigenvalue weighted by atomic mass is 35.5. The fourth-order valence-corrected chi connectivity index (χ4v) is 3.60. The first-order valence-corrected chi connectivity index (χ1v) is 10.1. The van der Waals surface area contributed by atoms with Crippen LogP contribution in [0, 0.1) is 13.8 Å². The summed E-state index contributed by atoms with van der Waals surface area (Å²) in [5, 5.41) is 3.92. The lowest BCUT2D eigenvalue weighted by Gasteiger charge is -2.18. The Hall–Kier alpha value is -1.45. The van der Waals surface area contributed by atoms with Gasteiger partial charge in [-0.05, 0) is 73.4 Å². The van der Waals surface area contributed by atoms with Crippen LogP contribution in [0.2, 0.25) is 5.02 Å². The Labute approximate surface area is 160 Å². The molecule has 0 radical (unpaired) electrons. The van der Waals surface area contributed by atoms with Crippen LogP contribution in [0.15, 0.2) is 47.4 Å². The van der Waals surface area contributed by atoms with Gasteiger partial charge in [-0.25, -0.2) is 0 Å². The lowest BCUT2D eigenvalue weighted by molar-refractivity contribution is -0.121. The predicted molar refractivity (Wildman–Crippen MR) is 109 cm³/mol. The van der Waals surface area contributed by atoms with E-state index in [0.29, 0.717) is 6.42 Å². The Morgan fingerprint density at radius 2 is 1.84 bits per heavy atom. The number of benzene rings is 2. The minimum Gasteiger partial charge on any atom is -0.349 e. The summed E-state index contributed by atoms with van der Waals surface area (Å²) in [6, 6.07) is 14.3. The molecule has 0 unspecified atom stereocenters. The van der Waals surface area contributed by atoms with E-state index in [1.807, 2.05) is 24.3 Å². The Bertz CT molecular complexity index is 700. The summed E-state index contributed by atoms with van der Waals surface area (Å²) < 4.78 is 0. The Kier molecular flexibility index (Phi) is 7.86. The van der Waals surface area contributed by atoms with Crippen LogP contribution in [-0.2, 0) is 4.79 Å². The minimum absolute atomic E-state index is 0.0933. The third-order valence-corrected chi connectivity index (χ3v) is 5.66. The molecule has 2 aromatic rings. The SMILES string of the molecule is CC[C@H](NC(=O)CCCSc1ccc(Cl)cc1)c1ccc(C)c(C)c1. The van der Waals surface area contributed by atoms with Gasteiger partial charge in [0, 0.05) is 16.3 Å². The van der Waals surface area contributed by atoms with Crippen molar-refractivity contribution in [1.29, 1.82) is 0 Å². The molecule has 0 saturated carbocycles. The van der Waals surface area contributed by atoms with Crippen LogP contribution in [0.5, 0.6) is 0 Å². The molecule has 0 aliphatic heterocycles. The molecule has 2 nitrogen and oxygen atoms in total. The molecule has 0 bridgehead atoms. The van der Waals surface area contributed by atoms with E-state index in [0.717, 1.165) is 23.6 Å². The molecule has 1 amide bonds. The van der Waals surface area contributed by atoms with Gasteiger partial charge in [0.1, 0.15) is 0 Å². The highest BCUT2D eigenvalue weighted by molar-refractivity contribution is 7.99. The van der Waals surface area contributed by atoms with Crippen LogP contribution in [0.4, 0.5) is 0 Å². The van der Waals surface area contributed by atoms with E-state index in [9.17, 15) is 4.79 Å². The van der Waals surface area contributed by atoms with Crippen molar-refractivity contribution in [1.82, 2.24) is 5.32 Å². The normalized spacial score (nSPS) is 12.0. The number of amides is 1. The summed E-state index contributed by atoms with van der Waals surface area (Å²) >= 11 is 7.64. The van der Waals surface area contributed by atoms with E-state index in [1.165, 1.54) is 21.6 Å². The van der Waals surface area contributed by atoms with Gasteiger partial charge in [-0.3, -0.25) is 4.79 Å². The van der Waals surface area contributed by atoms with E-state index < -0.39 is 0 Å². The molecule has 2 aromatic carbocycles. The van der Waals surface area contributed by atoms with Crippen molar-refractivity contribution >= 4 is 29.3 Å². The lowest BCUT2D eigenvalue weighted by Crippen LogP contribution is -2.28. The van der Waals surface area contributed by atoms with Crippen molar-refractivity contribution in [3.8, 4) is 0 Å². The van der Waals surface area contributed by atoms with Crippen LogP contribution in [0.3, 0.4) is 0 Å². The maximum Gasteiger partial charge on any atom is 0.220 e. The van der Waals surface area contributed by atoms with Crippen LogP contribution in [0.1, 0.15) is 48.9 Å². The number of carbonyl (C=O) groups excluding carboxylic acids is 1. The number of aryl methyl sites for hydroxylation is 2. The second-order valence-electron chi connectivity index (χ2n) is 6.28. The molecule has 1 N–H and O–H groups in total. The molecule has 0 aliphatic rings. The quantitative estimate of drug-likeness (QED) is 0.446. The Balaban J connectivity index is 1.77. The first kappa shape index (κ1) is 19.9. The van der Waals surface area contributed by atoms with Crippen LogP contribution < -0.4 is 5.32 Å². The average molecular weight is 376 g/mol. The number of carbonyl (C=O) groups is 1. The van der Waals surface area contributed by atoms with Crippen LogP contribution >= 0.6 is 23.4 Å². The van der Waals surface area contributed by atoms with Crippen LogP contribution in [0.25, 0.3) is 0 Å². The van der Waals surface area contributed by atoms with Gasteiger partial charge in [0.15, 0.2) is 0 Å². The van der Waals surface area contributed by atoms with Gasteiger partial charge in [0.05, 0.1) is 6.04 Å². The number of halogens is 1. The smallest absolute Gasteiger partial charge is 0.220 e. The number of nitrogens with one attached hydrogen (secondary N) is 1. The molecule has 0 fully saturated rings. The van der Waals surface area contributed by atoms with Crippen molar-refractivity contribution in [3.05, 3.63) is 64.2 Å². The first-order chi connectivity index (χ1) is 12.0. The average Bonchev–Trinajstić information content (AvgIpc) is 2.60. The zero-order chi connectivity index (χ0) is 18.2. The minimum atomic E-state index is 0.0933. The second kappa shape index (κ2) is 9.88. The zero-order valence-corrected chi connectivity index (χ0v) is 16.7. The van der Waals surface area contributed by atoms with Gasteiger partial charge in [-0.1, -0.05) is 36.7 Å². The van der Waals surface area contributed by atoms with E-state index in [1.54, 1.807) is 11.8 Å². The number of thioether (sulfide) groups is 1. The van der Waals surface area contributed by atoms with Crippen LogP contribution in [-0.4, -0.2) is 11.7 Å². The van der Waals surface area contributed by atoms with E-state index in [-0.39, 0.29) is 11.9 Å². The monoisotopic (exact) mass is 375 g/mol. The number of hydrogen-bond acceptors (Lipinski definition) is 2. The van der Waals surface area contributed by atoms with Gasteiger partial charge >= 0.3 is 0 Å². The van der Waals surface area contributed by atoms with Crippen molar-refractivity contribution in [2.45, 2.75) is 51.0 Å². The van der Waals surface area contributed by atoms with Gasteiger partial charge in [0.2, 0.25) is 5.91 Å². The van der Waals surface area contributed by atoms with Crippen molar-refractivity contribution in [2.24, 2.45) is 0 Å². The molecule has 4 heteroatoms. The van der Waals surface area contributed by atoms with Crippen molar-refractivity contribution < 1.29 is 4.79 Å². The van der Waals surface area contributed by atoms with Gasteiger partial charge in [0.25, 0.3) is 0 Å². The van der Waals surface area contributed by atoms with Gasteiger partial charge in [-0.2, -0.15) is 0 Å². The molecule has 134 valence electrons. The molecule has 0 saturated heterocycles. The predicted octanol–water partition coefficient (Wildman–Crippen LogP) is 6.10. The zero-order valence-electron chi connectivity index (χ0n) is 15.1. The summed E-state index contributed by atoms with van der Waals surface area (Å²) in [6.45, 7) is 6.33. The maximum absolute atomic E-state index is 12.3. The maximum atomic E-state index is 12.3. The van der Waals surface area contributed by atoms with E-state index in [2.05, 4.69) is 44.3 Å². The molecule has 0 aliphatic carbocycles. The molecule has 0 heterocycles. The highest BCUT2D eigenvalue weighted by Crippen LogP contribution is 2.22. The molecule has 2 rings (SSSR count). The van der Waals surface area contributed by atoms with E-state index >= 15 is 0 Å². The lowest BCUT2D eigenvalue weighted by atomic mass is 9.99. The second-order valence-corrected chi connectivity index (χ2v) is 7.88. The summed E-state index contributed by atoms with van der Waals surface area (Å²) in [6.07, 6.45) is 2.32. The van der Waals surface area contributed by atoms with Crippen molar-refractivity contribution in [2.75, 3.05) is 5.75 Å². The fraction of sp³-hybridized carbons (Fsp3) is 0.381. The third-order valence-electron chi connectivity index (χ3n) is 4.31. The molecule has 0 spiro atoms.